The third-order valence-corrected chi connectivity index (χ3v) is 15.9. The van der Waals surface area contributed by atoms with Gasteiger partial charge >= 0.3 is 0 Å². The maximum atomic E-state index is 3.55. The fraction of sp³-hybridized carbons (Fsp3) is 0. The average Bonchev–Trinajstić information content (AvgIpc) is 3.65. The first-order valence-electron chi connectivity index (χ1n) is 27.9. The number of rotatable bonds is 9. The van der Waals surface area contributed by atoms with Gasteiger partial charge in [0, 0.05) is 106 Å². The third kappa shape index (κ3) is 9.69. The number of anilines is 6. The molecule has 16 aromatic rings. The predicted molar refractivity (Wildman–Crippen MR) is 354 cm³/mol. The molecule has 7 heteroatoms. The second-order valence-electron chi connectivity index (χ2n) is 20.4. The van der Waals surface area contributed by atoms with Crippen molar-refractivity contribution in [1.82, 2.24) is 18.7 Å². The van der Waals surface area contributed by atoms with Crippen molar-refractivity contribution in [1.29, 1.82) is 0 Å². The Balaban J connectivity index is 0.000000123. The van der Waals surface area contributed by atoms with E-state index in [9.17, 15) is 0 Å². The van der Waals surface area contributed by atoms with Gasteiger partial charge in [0.25, 0.3) is 0 Å². The van der Waals surface area contributed by atoms with Crippen LogP contribution in [0.4, 0.5) is 34.1 Å². The molecule has 12 aromatic carbocycles. The summed E-state index contributed by atoms with van der Waals surface area (Å²) in [5.74, 6) is 0. The zero-order chi connectivity index (χ0) is 55.5. The van der Waals surface area contributed by atoms with Crippen LogP contribution >= 0.6 is 15.9 Å². The zero-order valence-electron chi connectivity index (χ0n) is 45.3. The van der Waals surface area contributed by atoms with Crippen LogP contribution in [0.1, 0.15) is 0 Å². The van der Waals surface area contributed by atoms with Crippen LogP contribution in [-0.2, 0) is 0 Å². The highest BCUT2D eigenvalue weighted by molar-refractivity contribution is 9.10. The van der Waals surface area contributed by atoms with Crippen LogP contribution in [0.5, 0.6) is 0 Å². The highest BCUT2D eigenvalue weighted by Gasteiger charge is 2.19. The van der Waals surface area contributed by atoms with Crippen molar-refractivity contribution < 1.29 is 0 Å². The molecule has 0 aliphatic carbocycles. The van der Waals surface area contributed by atoms with Gasteiger partial charge in [-0.2, -0.15) is 0 Å². The van der Waals surface area contributed by atoms with Crippen molar-refractivity contribution >= 4 is 115 Å². The summed E-state index contributed by atoms with van der Waals surface area (Å²) >= 11 is 3.55. The summed E-state index contributed by atoms with van der Waals surface area (Å²) in [6.45, 7) is 0. The molecule has 83 heavy (non-hydrogen) atoms. The van der Waals surface area contributed by atoms with Crippen molar-refractivity contribution in [2.24, 2.45) is 0 Å². The van der Waals surface area contributed by atoms with Crippen molar-refractivity contribution in [3.8, 4) is 17.1 Å². The number of benzene rings is 12. The van der Waals surface area contributed by atoms with Gasteiger partial charge in [-0.05, 0) is 146 Å². The highest BCUT2D eigenvalue weighted by atomic mass is 79.9. The molecule has 0 spiro atoms. The van der Waals surface area contributed by atoms with E-state index in [1.165, 1.54) is 76.8 Å². The molecule has 4 aromatic heterocycles. The van der Waals surface area contributed by atoms with Crippen molar-refractivity contribution in [3.05, 3.63) is 332 Å². The minimum absolute atomic E-state index is 1.08. The predicted octanol–water partition coefficient (Wildman–Crippen LogP) is 21.4. The van der Waals surface area contributed by atoms with Gasteiger partial charge in [-0.1, -0.05) is 186 Å². The topological polar surface area (TPSA) is 37.1 Å². The third-order valence-electron chi connectivity index (χ3n) is 15.4. The maximum absolute atomic E-state index is 3.55. The highest BCUT2D eigenvalue weighted by Crippen LogP contribution is 2.41. The van der Waals surface area contributed by atoms with Crippen LogP contribution in [0.15, 0.2) is 332 Å². The summed E-state index contributed by atoms with van der Waals surface area (Å²) in [7, 11) is 0. The van der Waals surface area contributed by atoms with Crippen LogP contribution in [0.2, 0.25) is 0 Å². The first-order chi connectivity index (χ1) is 41.1. The van der Waals surface area contributed by atoms with E-state index in [1.807, 2.05) is 24.4 Å². The summed E-state index contributed by atoms with van der Waals surface area (Å²) in [4.78, 5) is 7.87. The van der Waals surface area contributed by atoms with Crippen LogP contribution in [0.25, 0.3) is 82.5 Å². The van der Waals surface area contributed by atoms with Crippen LogP contribution in [0, 0.1) is 0 Å². The van der Waals surface area contributed by atoms with E-state index in [1.54, 1.807) is 0 Å². The molecule has 0 unspecified atom stereocenters. The largest absolute Gasteiger partial charge is 0.361 e. The molecule has 0 bridgehead atoms. The van der Waals surface area contributed by atoms with Gasteiger partial charge in [0.15, 0.2) is 0 Å². The number of nitrogens with one attached hydrogen (secondary N) is 1. The lowest BCUT2D eigenvalue weighted by atomic mass is 10.1. The van der Waals surface area contributed by atoms with Gasteiger partial charge in [0.2, 0.25) is 0 Å². The molecular formula is C76H55BrN6. The van der Waals surface area contributed by atoms with Crippen LogP contribution in [0.3, 0.4) is 0 Å². The lowest BCUT2D eigenvalue weighted by molar-refractivity contribution is 1.12. The molecule has 16 rings (SSSR count). The number of para-hydroxylation sites is 8. The molecule has 0 saturated heterocycles. The Morgan fingerprint density at radius 2 is 0.687 bits per heavy atom. The molecule has 4 heterocycles. The molecule has 0 radical (unpaired) electrons. The summed E-state index contributed by atoms with van der Waals surface area (Å²) < 4.78 is 8.15. The van der Waals surface area contributed by atoms with Crippen molar-refractivity contribution in [3.63, 3.8) is 0 Å². The number of aromatic amines is 1. The summed E-state index contributed by atoms with van der Waals surface area (Å²) in [5, 5.41) is 7.62. The SMILES string of the molecule is Brc1cccc(N(c2ccccc2)c2ccccc2)c1.c1ccc(-n2c3ccccc3c3ccc4[nH]ccc4c32)cc1.c1ccc(N(c2ccccc2)c2cccc(-n3ccc4c3ccc3c5ccccc5n(-c5ccccc5)c34)c2)cc1. The Bertz CT molecular complexity index is 4780. The van der Waals surface area contributed by atoms with Crippen molar-refractivity contribution in [2.75, 3.05) is 9.80 Å². The molecule has 1 N–H and O–H groups in total. The molecule has 396 valence electrons. The van der Waals surface area contributed by atoms with E-state index < -0.39 is 0 Å². The molecule has 6 nitrogen and oxygen atoms in total. The number of halogens is 1. The van der Waals surface area contributed by atoms with E-state index in [-0.39, 0.29) is 0 Å². The second kappa shape index (κ2) is 22.5. The molecule has 0 aliphatic heterocycles. The van der Waals surface area contributed by atoms with E-state index in [0.29, 0.717) is 0 Å². The average molecular weight is 1130 g/mol. The fourth-order valence-corrected chi connectivity index (χ4v) is 12.2. The number of nitrogens with zero attached hydrogens (tertiary/aromatic N) is 5. The maximum Gasteiger partial charge on any atom is 0.0635 e. The summed E-state index contributed by atoms with van der Waals surface area (Å²) in [6, 6.07) is 111. The van der Waals surface area contributed by atoms with Gasteiger partial charge in [0.05, 0.1) is 27.6 Å². The monoisotopic (exact) mass is 1130 g/mol. The van der Waals surface area contributed by atoms with Gasteiger partial charge in [-0.25, -0.2) is 0 Å². The quantitative estimate of drug-likeness (QED) is 0.156. The fourth-order valence-electron chi connectivity index (χ4n) is 11.8. The van der Waals surface area contributed by atoms with Gasteiger partial charge in [-0.15, -0.1) is 0 Å². The summed E-state index contributed by atoms with van der Waals surface area (Å²) in [5.41, 5.74) is 17.6. The second-order valence-corrected chi connectivity index (χ2v) is 21.3. The Morgan fingerprint density at radius 1 is 0.277 bits per heavy atom. The van der Waals surface area contributed by atoms with E-state index in [0.717, 1.165) is 44.3 Å². The number of fused-ring (bicyclic) bond motifs is 10. The Morgan fingerprint density at radius 3 is 1.19 bits per heavy atom. The Kier molecular flexibility index (Phi) is 13.7. The minimum atomic E-state index is 1.08. The molecular weight excluding hydrogens is 1080 g/mol. The molecule has 0 atom stereocenters. The molecule has 0 amide bonds. The number of hydrogen-bond acceptors (Lipinski definition) is 2. The van der Waals surface area contributed by atoms with E-state index >= 15 is 0 Å². The number of H-pyrrole nitrogens is 1. The Hall–Kier alpha value is -10.6. The van der Waals surface area contributed by atoms with E-state index in [2.05, 4.69) is 348 Å². The van der Waals surface area contributed by atoms with Gasteiger partial charge in [0.1, 0.15) is 0 Å². The first-order valence-corrected chi connectivity index (χ1v) is 28.7. The van der Waals surface area contributed by atoms with Crippen molar-refractivity contribution in [2.45, 2.75) is 0 Å². The van der Waals surface area contributed by atoms with Gasteiger partial charge in [-0.3, -0.25) is 0 Å². The number of aromatic nitrogens is 4. The lowest BCUT2D eigenvalue weighted by Crippen LogP contribution is -2.10. The normalized spacial score (nSPS) is 11.2. The van der Waals surface area contributed by atoms with Gasteiger partial charge < -0.3 is 28.5 Å². The minimum Gasteiger partial charge on any atom is -0.361 e. The smallest absolute Gasteiger partial charge is 0.0635 e. The van der Waals surface area contributed by atoms with Crippen LogP contribution < -0.4 is 9.80 Å². The lowest BCUT2D eigenvalue weighted by Gasteiger charge is -2.26. The van der Waals surface area contributed by atoms with Crippen LogP contribution in [-0.4, -0.2) is 18.7 Å². The van der Waals surface area contributed by atoms with E-state index in [4.69, 9.17) is 0 Å². The molecule has 0 aliphatic rings. The zero-order valence-corrected chi connectivity index (χ0v) is 46.9. The standard InChI is InChI=1S/C38H27N3.C20H14N2.C18H14BrN/c1-4-13-28(14-5-1)40(29-15-6-2-7-16-29)32-20-12-19-31(27-32)39-26-25-35-36(39)24-23-34-33-21-10-11-22-37(33)41(38(34)35)30-17-8-3-9-18-30;1-2-6-14(7-3-1)22-19-9-5-4-8-15(19)16-10-11-18-17(20(16)22)12-13-21-18;19-15-8-7-13-18(14-15)20(16-9-3-1-4-10-16)17-11-5-2-6-12-17/h1-27H;1-13,21H;1-14H. The summed E-state index contributed by atoms with van der Waals surface area (Å²) in [6.07, 6.45) is 4.21. The number of hydrogen-bond donors (Lipinski definition) is 1. The Labute approximate surface area is 490 Å². The molecule has 0 saturated carbocycles. The first kappa shape index (κ1) is 50.6. The molecule has 0 fully saturated rings.